The quantitative estimate of drug-likeness (QED) is 0.233. The predicted octanol–water partition coefficient (Wildman–Crippen LogP) is 3.31. The first-order valence-corrected chi connectivity index (χ1v) is 16.7. The van der Waals surface area contributed by atoms with Crippen LogP contribution >= 0.6 is 0 Å². The number of hydrogen-bond donors (Lipinski definition) is 2. The van der Waals surface area contributed by atoms with Crippen molar-refractivity contribution in [3.63, 3.8) is 0 Å². The van der Waals surface area contributed by atoms with Gasteiger partial charge < -0.3 is 31.1 Å². The van der Waals surface area contributed by atoms with Crippen molar-refractivity contribution in [3.05, 3.63) is 107 Å². The first-order valence-electron chi connectivity index (χ1n) is 16.7. The van der Waals surface area contributed by atoms with E-state index < -0.39 is 55.0 Å². The number of carbonyl (C=O) groups is 5. The fourth-order valence-electron chi connectivity index (χ4n) is 6.04. The van der Waals surface area contributed by atoms with Crippen molar-refractivity contribution >= 4 is 29.5 Å². The highest BCUT2D eigenvalue weighted by Crippen LogP contribution is 2.29. The average molecular weight is 709 g/mol. The van der Waals surface area contributed by atoms with Crippen molar-refractivity contribution in [2.75, 3.05) is 32.7 Å². The molecule has 0 unspecified atom stereocenters. The Balaban J connectivity index is 1.59. The molecule has 4 rings (SSSR count). The highest BCUT2D eigenvalue weighted by Gasteiger charge is 2.32. The molecule has 11 nitrogen and oxygen atoms in total. The molecule has 4 N–H and O–H groups in total. The zero-order chi connectivity index (χ0) is 37.0. The Labute approximate surface area is 294 Å². The van der Waals surface area contributed by atoms with Gasteiger partial charge in [0, 0.05) is 25.7 Å². The first kappa shape index (κ1) is 38.6. The molecular formula is C37H43F3N6O5. The van der Waals surface area contributed by atoms with Gasteiger partial charge in [-0.05, 0) is 41.7 Å². The summed E-state index contributed by atoms with van der Waals surface area (Å²) in [5.41, 5.74) is 12.0. The topological polar surface area (TPSA) is 150 Å². The van der Waals surface area contributed by atoms with Crippen molar-refractivity contribution in [1.82, 2.24) is 19.6 Å². The number of hydrogen-bond acceptors (Lipinski definition) is 6. The number of nitrogens with zero attached hydrogens (tertiary/aromatic N) is 4. The van der Waals surface area contributed by atoms with Gasteiger partial charge >= 0.3 is 6.18 Å². The van der Waals surface area contributed by atoms with Crippen molar-refractivity contribution in [1.29, 1.82) is 0 Å². The van der Waals surface area contributed by atoms with Crippen LogP contribution in [0.5, 0.6) is 0 Å². The normalized spacial score (nSPS) is 13.0. The molecule has 1 fully saturated rings. The van der Waals surface area contributed by atoms with Crippen molar-refractivity contribution < 1.29 is 37.1 Å². The lowest BCUT2D eigenvalue weighted by Gasteiger charge is -2.33. The van der Waals surface area contributed by atoms with Crippen LogP contribution in [0.2, 0.25) is 0 Å². The van der Waals surface area contributed by atoms with Gasteiger partial charge in [-0.15, -0.1) is 0 Å². The fourth-order valence-corrected chi connectivity index (χ4v) is 6.04. The molecule has 0 atom stereocenters. The maximum absolute atomic E-state index is 14.1. The SMILES string of the molecule is NCC(=O)N(CC(=O)N(CC(=O)N(CC(=O)N(CC(N)=O)Cc1ccc(C(F)(F)F)cc1)Cc1ccccc1)Cc1ccccc1)C1CCCC1. The van der Waals surface area contributed by atoms with Crippen molar-refractivity contribution in [2.24, 2.45) is 11.5 Å². The van der Waals surface area contributed by atoms with Gasteiger partial charge in [-0.1, -0.05) is 85.6 Å². The first-order chi connectivity index (χ1) is 24.3. The predicted molar refractivity (Wildman–Crippen MR) is 183 cm³/mol. The molecule has 1 aliphatic carbocycles. The monoisotopic (exact) mass is 708 g/mol. The van der Waals surface area contributed by atoms with Crippen LogP contribution in [0, 0.1) is 0 Å². The van der Waals surface area contributed by atoms with E-state index in [1.165, 1.54) is 26.8 Å². The molecule has 0 heterocycles. The summed E-state index contributed by atoms with van der Waals surface area (Å²) in [5, 5.41) is 0. The molecule has 5 amide bonds. The van der Waals surface area contributed by atoms with E-state index in [2.05, 4.69) is 0 Å². The second kappa shape index (κ2) is 18.1. The minimum atomic E-state index is -4.55. The average Bonchev–Trinajstić information content (AvgIpc) is 3.64. The van der Waals surface area contributed by atoms with Crippen LogP contribution in [0.1, 0.15) is 47.9 Å². The minimum Gasteiger partial charge on any atom is -0.368 e. The zero-order valence-electron chi connectivity index (χ0n) is 28.3. The molecule has 1 saturated carbocycles. The second-order valence-electron chi connectivity index (χ2n) is 12.5. The Morgan fingerprint density at radius 2 is 1.00 bits per heavy atom. The van der Waals surface area contributed by atoms with E-state index in [1.807, 2.05) is 6.07 Å². The van der Waals surface area contributed by atoms with E-state index in [0.29, 0.717) is 11.1 Å². The molecular weight excluding hydrogens is 665 g/mol. The van der Waals surface area contributed by atoms with E-state index >= 15 is 0 Å². The highest BCUT2D eigenvalue weighted by molar-refractivity contribution is 5.91. The van der Waals surface area contributed by atoms with Crippen LogP contribution in [0.3, 0.4) is 0 Å². The van der Waals surface area contributed by atoms with Gasteiger partial charge in [0.2, 0.25) is 29.5 Å². The third kappa shape index (κ3) is 11.7. The Morgan fingerprint density at radius 1 is 0.588 bits per heavy atom. The number of halogens is 3. The largest absolute Gasteiger partial charge is 0.416 e. The number of alkyl halides is 3. The molecule has 51 heavy (non-hydrogen) atoms. The Bertz CT molecular complexity index is 1630. The fraction of sp³-hybridized carbons (Fsp3) is 0.378. The standard InChI is InChI=1S/C37H43F3N6O5/c38-37(39,40)30-17-15-29(16-18-30)22-43(23-32(42)47)34(49)24-44(20-27-9-3-1-4-10-27)35(50)25-45(21-28-11-5-2-6-12-28)36(51)26-46(33(48)19-41)31-13-7-8-14-31/h1-6,9-12,15-18,31H,7-8,13-14,19-26,41H2,(H2,42,47). The van der Waals surface area contributed by atoms with Crippen LogP contribution in [0.25, 0.3) is 0 Å². The highest BCUT2D eigenvalue weighted by atomic mass is 19.4. The summed E-state index contributed by atoms with van der Waals surface area (Å²) in [4.78, 5) is 71.7. The Hall–Kier alpha value is -5.24. The lowest BCUT2D eigenvalue weighted by Crippen LogP contribution is -2.51. The molecule has 0 aliphatic heterocycles. The maximum Gasteiger partial charge on any atom is 0.416 e. The summed E-state index contributed by atoms with van der Waals surface area (Å²) >= 11 is 0. The molecule has 3 aromatic carbocycles. The minimum absolute atomic E-state index is 0.0245. The van der Waals surface area contributed by atoms with Crippen LogP contribution in [-0.2, 0) is 49.8 Å². The van der Waals surface area contributed by atoms with Crippen LogP contribution < -0.4 is 11.5 Å². The van der Waals surface area contributed by atoms with E-state index in [4.69, 9.17) is 11.5 Å². The molecule has 14 heteroatoms. The van der Waals surface area contributed by atoms with Crippen molar-refractivity contribution in [2.45, 2.75) is 57.5 Å². The third-order valence-electron chi connectivity index (χ3n) is 8.71. The molecule has 0 bridgehead atoms. The number of rotatable bonds is 16. The lowest BCUT2D eigenvalue weighted by molar-refractivity contribution is -0.147. The van der Waals surface area contributed by atoms with Crippen LogP contribution in [0.4, 0.5) is 13.2 Å². The number of amides is 5. The smallest absolute Gasteiger partial charge is 0.368 e. The number of nitrogens with two attached hydrogens (primary N) is 2. The summed E-state index contributed by atoms with van der Waals surface area (Å²) in [6.45, 7) is -2.23. The number of benzene rings is 3. The molecule has 0 radical (unpaired) electrons. The van der Waals surface area contributed by atoms with E-state index in [1.54, 1.807) is 54.6 Å². The summed E-state index contributed by atoms with van der Waals surface area (Å²) in [6.07, 6.45) is -1.21. The zero-order valence-corrected chi connectivity index (χ0v) is 28.3. The Morgan fingerprint density at radius 3 is 1.41 bits per heavy atom. The van der Waals surface area contributed by atoms with Gasteiger partial charge in [0.15, 0.2) is 0 Å². The van der Waals surface area contributed by atoms with Gasteiger partial charge in [0.1, 0.15) is 19.6 Å². The summed E-state index contributed by atoms with van der Waals surface area (Å²) in [6, 6.07) is 21.9. The van der Waals surface area contributed by atoms with E-state index in [9.17, 15) is 37.1 Å². The summed E-state index contributed by atoms with van der Waals surface area (Å²) < 4.78 is 39.4. The lowest BCUT2D eigenvalue weighted by atomic mass is 10.1. The van der Waals surface area contributed by atoms with Gasteiger partial charge in [0.05, 0.1) is 18.7 Å². The summed E-state index contributed by atoms with van der Waals surface area (Å²) in [7, 11) is 0. The van der Waals surface area contributed by atoms with Crippen LogP contribution in [0.15, 0.2) is 84.9 Å². The Kier molecular flexibility index (Phi) is 13.7. The van der Waals surface area contributed by atoms with Gasteiger partial charge in [-0.25, -0.2) is 0 Å². The van der Waals surface area contributed by atoms with Crippen molar-refractivity contribution in [3.8, 4) is 0 Å². The molecule has 0 saturated heterocycles. The molecule has 0 aromatic heterocycles. The van der Waals surface area contributed by atoms with Gasteiger partial charge in [-0.3, -0.25) is 24.0 Å². The molecule has 272 valence electrons. The molecule has 1 aliphatic rings. The molecule has 3 aromatic rings. The van der Waals surface area contributed by atoms with Crippen LogP contribution in [-0.4, -0.2) is 87.9 Å². The molecule has 0 spiro atoms. The van der Waals surface area contributed by atoms with Gasteiger partial charge in [0.25, 0.3) is 0 Å². The van der Waals surface area contributed by atoms with E-state index in [-0.39, 0.29) is 44.7 Å². The van der Waals surface area contributed by atoms with E-state index in [0.717, 1.165) is 48.3 Å². The van der Waals surface area contributed by atoms with Gasteiger partial charge in [-0.2, -0.15) is 13.2 Å². The maximum atomic E-state index is 14.1. The summed E-state index contributed by atoms with van der Waals surface area (Å²) in [5.74, 6) is -2.94. The number of primary amides is 1. The number of carbonyl (C=O) groups excluding carboxylic acids is 5. The third-order valence-corrected chi connectivity index (χ3v) is 8.71. The second-order valence-corrected chi connectivity index (χ2v) is 12.5.